The van der Waals surface area contributed by atoms with Crippen molar-refractivity contribution in [1.29, 1.82) is 0 Å². The van der Waals surface area contributed by atoms with Crippen molar-refractivity contribution in [3.05, 3.63) is 40.6 Å². The Bertz CT molecular complexity index is 303. The Hall–Kier alpha value is -1.13. The van der Waals surface area contributed by atoms with E-state index >= 15 is 0 Å². The molecule has 3 nitrogen and oxygen atoms in total. The van der Waals surface area contributed by atoms with Crippen LogP contribution in [0, 0.1) is 0 Å². The van der Waals surface area contributed by atoms with E-state index in [9.17, 15) is 0 Å². The lowest BCUT2D eigenvalue weighted by Crippen LogP contribution is -2.16. The molecule has 2 aromatic heterocycles. The van der Waals surface area contributed by atoms with Crippen LogP contribution >= 0.6 is 11.3 Å². The van der Waals surface area contributed by atoms with E-state index in [1.807, 2.05) is 6.20 Å². The van der Waals surface area contributed by atoms with Crippen LogP contribution in [-0.4, -0.2) is 16.5 Å². The van der Waals surface area contributed by atoms with Crippen molar-refractivity contribution in [3.8, 4) is 0 Å². The van der Waals surface area contributed by atoms with Gasteiger partial charge in [-0.05, 0) is 35.4 Å². The Morgan fingerprint density at radius 1 is 1.50 bits per heavy atom. The minimum absolute atomic E-state index is 0.865. The normalized spacial score (nSPS) is 10.6. The van der Waals surface area contributed by atoms with Gasteiger partial charge in [0.25, 0.3) is 0 Å². The molecule has 0 fully saturated rings. The summed E-state index contributed by atoms with van der Waals surface area (Å²) in [5.74, 6) is 0. The van der Waals surface area contributed by atoms with Gasteiger partial charge in [0.1, 0.15) is 0 Å². The number of hydrogen-bond acceptors (Lipinski definition) is 3. The lowest BCUT2D eigenvalue weighted by Gasteiger charge is -2.00. The summed E-state index contributed by atoms with van der Waals surface area (Å²) in [4.78, 5) is 7.02. The summed E-state index contributed by atoms with van der Waals surface area (Å²) in [6, 6.07) is 2.17. The number of aromatic nitrogens is 2. The molecule has 4 heteroatoms. The number of aromatic amines is 1. The SMILES string of the molecule is c1ncc(CNCCc2ccsc2)[nH]1. The van der Waals surface area contributed by atoms with Gasteiger partial charge in [-0.15, -0.1) is 0 Å². The molecule has 0 atom stereocenters. The highest BCUT2D eigenvalue weighted by Gasteiger charge is 1.94. The summed E-state index contributed by atoms with van der Waals surface area (Å²) in [6.07, 6.45) is 4.64. The first-order valence-electron chi connectivity index (χ1n) is 4.64. The highest BCUT2D eigenvalue weighted by atomic mass is 32.1. The zero-order chi connectivity index (χ0) is 9.64. The molecule has 2 aromatic rings. The molecule has 0 bridgehead atoms. The van der Waals surface area contributed by atoms with E-state index in [1.165, 1.54) is 5.56 Å². The standard InChI is InChI=1S/C10H13N3S/c1(9-2-4-14-7-9)3-11-5-10-6-12-8-13-10/h2,4,6-8,11H,1,3,5H2,(H,12,13). The fourth-order valence-electron chi connectivity index (χ4n) is 1.27. The second-order valence-corrected chi connectivity index (χ2v) is 3.92. The van der Waals surface area contributed by atoms with Gasteiger partial charge < -0.3 is 10.3 Å². The molecule has 0 aliphatic heterocycles. The van der Waals surface area contributed by atoms with Crippen molar-refractivity contribution in [1.82, 2.24) is 15.3 Å². The molecule has 0 aliphatic carbocycles. The summed E-state index contributed by atoms with van der Waals surface area (Å²) in [5, 5.41) is 7.67. The quantitative estimate of drug-likeness (QED) is 0.734. The van der Waals surface area contributed by atoms with E-state index in [1.54, 1.807) is 17.7 Å². The molecule has 0 radical (unpaired) electrons. The molecule has 0 saturated heterocycles. The van der Waals surface area contributed by atoms with Crippen molar-refractivity contribution < 1.29 is 0 Å². The zero-order valence-electron chi connectivity index (χ0n) is 7.86. The Morgan fingerprint density at radius 2 is 2.50 bits per heavy atom. The molecule has 74 valence electrons. The van der Waals surface area contributed by atoms with Crippen LogP contribution in [-0.2, 0) is 13.0 Å². The van der Waals surface area contributed by atoms with Crippen LogP contribution in [0.1, 0.15) is 11.3 Å². The molecular weight excluding hydrogens is 194 g/mol. The Kier molecular flexibility index (Phi) is 3.32. The smallest absolute Gasteiger partial charge is 0.0922 e. The molecule has 0 aromatic carbocycles. The average Bonchev–Trinajstić information content (AvgIpc) is 2.86. The van der Waals surface area contributed by atoms with Crippen molar-refractivity contribution in [2.24, 2.45) is 0 Å². The molecule has 0 spiro atoms. The maximum Gasteiger partial charge on any atom is 0.0922 e. The zero-order valence-corrected chi connectivity index (χ0v) is 8.68. The number of thiophene rings is 1. The number of nitrogens with one attached hydrogen (secondary N) is 2. The third-order valence-electron chi connectivity index (χ3n) is 2.04. The molecular formula is C10H13N3S. The first kappa shape index (κ1) is 9.43. The number of H-pyrrole nitrogens is 1. The van der Waals surface area contributed by atoms with Crippen LogP contribution in [0.5, 0.6) is 0 Å². The molecule has 2 rings (SSSR count). The van der Waals surface area contributed by atoms with E-state index < -0.39 is 0 Å². The first-order chi connectivity index (χ1) is 6.95. The van der Waals surface area contributed by atoms with Gasteiger partial charge >= 0.3 is 0 Å². The largest absolute Gasteiger partial charge is 0.347 e. The highest BCUT2D eigenvalue weighted by molar-refractivity contribution is 7.07. The average molecular weight is 207 g/mol. The topological polar surface area (TPSA) is 40.7 Å². The third-order valence-corrected chi connectivity index (χ3v) is 2.77. The predicted octanol–water partition coefficient (Wildman–Crippen LogP) is 1.80. The molecule has 14 heavy (non-hydrogen) atoms. The van der Waals surface area contributed by atoms with Gasteiger partial charge in [-0.2, -0.15) is 11.3 Å². The monoisotopic (exact) mass is 207 g/mol. The summed E-state index contributed by atoms with van der Waals surface area (Å²) < 4.78 is 0. The summed E-state index contributed by atoms with van der Waals surface area (Å²) in [5.41, 5.74) is 2.54. The van der Waals surface area contributed by atoms with Crippen LogP contribution in [0.4, 0.5) is 0 Å². The molecule has 0 unspecified atom stereocenters. The van der Waals surface area contributed by atoms with Crippen LogP contribution in [0.2, 0.25) is 0 Å². The molecule has 2 heterocycles. The lowest BCUT2D eigenvalue weighted by atomic mass is 10.2. The van der Waals surface area contributed by atoms with Crippen LogP contribution in [0.15, 0.2) is 29.4 Å². The van der Waals surface area contributed by atoms with Crippen molar-refractivity contribution >= 4 is 11.3 Å². The first-order valence-corrected chi connectivity index (χ1v) is 5.58. The van der Waals surface area contributed by atoms with Gasteiger partial charge in [-0.1, -0.05) is 0 Å². The second-order valence-electron chi connectivity index (χ2n) is 3.14. The van der Waals surface area contributed by atoms with Gasteiger partial charge in [0.2, 0.25) is 0 Å². The summed E-state index contributed by atoms with van der Waals surface area (Å²) >= 11 is 1.75. The third kappa shape index (κ3) is 2.68. The fraction of sp³-hybridized carbons (Fsp3) is 0.300. The van der Waals surface area contributed by atoms with Crippen molar-refractivity contribution in [3.63, 3.8) is 0 Å². The Labute approximate surface area is 87.2 Å². The molecule has 0 aliphatic rings. The number of nitrogens with zero attached hydrogens (tertiary/aromatic N) is 1. The van der Waals surface area contributed by atoms with Gasteiger partial charge in [0, 0.05) is 18.4 Å². The Balaban J connectivity index is 1.65. The molecule has 0 amide bonds. The van der Waals surface area contributed by atoms with Gasteiger partial charge in [-0.25, -0.2) is 4.98 Å². The lowest BCUT2D eigenvalue weighted by molar-refractivity contribution is 0.678. The van der Waals surface area contributed by atoms with Crippen molar-refractivity contribution in [2.75, 3.05) is 6.54 Å². The van der Waals surface area contributed by atoms with E-state index in [4.69, 9.17) is 0 Å². The van der Waals surface area contributed by atoms with E-state index in [-0.39, 0.29) is 0 Å². The van der Waals surface area contributed by atoms with Crippen molar-refractivity contribution in [2.45, 2.75) is 13.0 Å². The molecule has 2 N–H and O–H groups in total. The van der Waals surface area contributed by atoms with Gasteiger partial charge in [0.15, 0.2) is 0 Å². The number of rotatable bonds is 5. The predicted molar refractivity (Wildman–Crippen MR) is 58.3 cm³/mol. The second kappa shape index (κ2) is 4.93. The van der Waals surface area contributed by atoms with Crippen LogP contribution in [0.3, 0.4) is 0 Å². The van der Waals surface area contributed by atoms with Gasteiger partial charge in [0.05, 0.1) is 6.33 Å². The van der Waals surface area contributed by atoms with Crippen LogP contribution in [0.25, 0.3) is 0 Å². The Morgan fingerprint density at radius 3 is 3.21 bits per heavy atom. The van der Waals surface area contributed by atoms with E-state index in [2.05, 4.69) is 32.1 Å². The number of hydrogen-bond donors (Lipinski definition) is 2. The minimum Gasteiger partial charge on any atom is -0.347 e. The van der Waals surface area contributed by atoms with Crippen LogP contribution < -0.4 is 5.32 Å². The summed E-state index contributed by atoms with van der Waals surface area (Å²) in [6.45, 7) is 1.87. The summed E-state index contributed by atoms with van der Waals surface area (Å²) in [7, 11) is 0. The maximum absolute atomic E-state index is 3.96. The highest BCUT2D eigenvalue weighted by Crippen LogP contribution is 2.05. The maximum atomic E-state index is 3.96. The fourth-order valence-corrected chi connectivity index (χ4v) is 1.98. The molecule has 0 saturated carbocycles. The van der Waals surface area contributed by atoms with E-state index in [0.717, 1.165) is 25.2 Å². The van der Waals surface area contributed by atoms with E-state index in [0.29, 0.717) is 0 Å². The number of imidazole rings is 1. The van der Waals surface area contributed by atoms with Gasteiger partial charge in [-0.3, -0.25) is 0 Å². The minimum atomic E-state index is 0.865.